The van der Waals surface area contributed by atoms with Gasteiger partial charge in [-0.05, 0) is 31.6 Å². The number of hydrogen-bond donors (Lipinski definition) is 1. The van der Waals surface area contributed by atoms with E-state index >= 15 is 0 Å². The van der Waals surface area contributed by atoms with Crippen LogP contribution in [0.1, 0.15) is 49.5 Å². The van der Waals surface area contributed by atoms with Gasteiger partial charge >= 0.3 is 5.97 Å². The Bertz CT molecular complexity index is 405. The fourth-order valence-corrected chi connectivity index (χ4v) is 2.44. The zero-order chi connectivity index (χ0) is 13.0. The van der Waals surface area contributed by atoms with Crippen LogP contribution >= 0.6 is 0 Å². The van der Waals surface area contributed by atoms with Gasteiger partial charge in [-0.3, -0.25) is 0 Å². The lowest BCUT2D eigenvalue weighted by Gasteiger charge is -2.30. The molecule has 0 bridgehead atoms. The van der Waals surface area contributed by atoms with Gasteiger partial charge in [-0.15, -0.1) is 0 Å². The van der Waals surface area contributed by atoms with Crippen LogP contribution < -0.4 is 4.74 Å². The summed E-state index contributed by atoms with van der Waals surface area (Å²) in [4.78, 5) is 18.5. The normalized spacial score (nSPS) is 23.6. The smallest absolute Gasteiger partial charge is 0.356 e. The molecule has 1 N–H and O–H groups in total. The third-order valence-electron chi connectivity index (χ3n) is 3.48. The molecule has 1 heterocycles. The highest BCUT2D eigenvalue weighted by Gasteiger charge is 2.25. The molecule has 2 unspecified atom stereocenters. The molecule has 1 aromatic heterocycles. The first-order valence-corrected chi connectivity index (χ1v) is 6.42. The minimum absolute atomic E-state index is 0.0574. The molecule has 0 radical (unpaired) electrons. The van der Waals surface area contributed by atoms with Crippen molar-refractivity contribution in [1.82, 2.24) is 9.97 Å². The predicted molar refractivity (Wildman–Crippen MR) is 65.7 cm³/mol. The zero-order valence-corrected chi connectivity index (χ0v) is 10.5. The molecular weight excluding hydrogens is 232 g/mol. The number of nitrogens with zero attached hydrogens (tertiary/aromatic N) is 2. The molecule has 18 heavy (non-hydrogen) atoms. The van der Waals surface area contributed by atoms with E-state index in [0.29, 0.717) is 11.8 Å². The summed E-state index contributed by atoms with van der Waals surface area (Å²) in [7, 11) is 0. The van der Waals surface area contributed by atoms with Crippen molar-refractivity contribution in [3.8, 4) is 5.88 Å². The minimum atomic E-state index is -1.07. The highest BCUT2D eigenvalue weighted by molar-refractivity contribution is 5.84. The van der Waals surface area contributed by atoms with Gasteiger partial charge in [0.1, 0.15) is 6.10 Å². The summed E-state index contributed by atoms with van der Waals surface area (Å²) in [5, 5.41) is 8.73. The van der Waals surface area contributed by atoms with Crippen molar-refractivity contribution in [1.29, 1.82) is 0 Å². The maximum Gasteiger partial charge on any atom is 0.356 e. The Hall–Kier alpha value is -1.65. The van der Waals surface area contributed by atoms with Crippen molar-refractivity contribution < 1.29 is 14.6 Å². The Morgan fingerprint density at radius 1 is 1.39 bits per heavy atom. The van der Waals surface area contributed by atoms with Crippen LogP contribution in [0, 0.1) is 5.92 Å². The molecule has 1 aliphatic carbocycles. The van der Waals surface area contributed by atoms with Crippen LogP contribution in [0.5, 0.6) is 5.88 Å². The van der Waals surface area contributed by atoms with E-state index in [1.54, 1.807) is 0 Å². The maximum atomic E-state index is 10.7. The van der Waals surface area contributed by atoms with Crippen molar-refractivity contribution in [2.75, 3.05) is 0 Å². The van der Waals surface area contributed by atoms with Crippen LogP contribution in [-0.4, -0.2) is 27.1 Å². The second-order valence-electron chi connectivity index (χ2n) is 4.65. The van der Waals surface area contributed by atoms with Crippen LogP contribution in [0.3, 0.4) is 0 Å². The Morgan fingerprint density at radius 3 is 2.78 bits per heavy atom. The number of hydrogen-bond acceptors (Lipinski definition) is 4. The van der Waals surface area contributed by atoms with Crippen LogP contribution in [-0.2, 0) is 0 Å². The molecule has 0 saturated heterocycles. The van der Waals surface area contributed by atoms with E-state index in [2.05, 4.69) is 16.9 Å². The summed E-state index contributed by atoms with van der Waals surface area (Å²) in [6.07, 6.45) is 8.61. The van der Waals surface area contributed by atoms with Gasteiger partial charge in [0, 0.05) is 0 Å². The van der Waals surface area contributed by atoms with Gasteiger partial charge in [-0.1, -0.05) is 13.3 Å². The summed E-state index contributed by atoms with van der Waals surface area (Å²) in [5.74, 6) is -0.0804. The van der Waals surface area contributed by atoms with Crippen molar-refractivity contribution in [2.45, 2.75) is 45.1 Å². The molecule has 1 fully saturated rings. The summed E-state index contributed by atoms with van der Waals surface area (Å²) in [6, 6.07) is 0. The summed E-state index contributed by atoms with van der Waals surface area (Å²) in [5.41, 5.74) is -0.0574. The second-order valence-corrected chi connectivity index (χ2v) is 4.65. The van der Waals surface area contributed by atoms with E-state index in [1.165, 1.54) is 31.7 Å². The molecule has 0 aliphatic heterocycles. The number of carbonyl (C=O) groups is 1. The molecule has 1 saturated carbocycles. The number of carboxylic acid groups (broad SMARTS) is 1. The quantitative estimate of drug-likeness (QED) is 0.888. The van der Waals surface area contributed by atoms with E-state index in [4.69, 9.17) is 9.84 Å². The third-order valence-corrected chi connectivity index (χ3v) is 3.48. The minimum Gasteiger partial charge on any atom is -0.476 e. The highest BCUT2D eigenvalue weighted by Crippen LogP contribution is 2.29. The lowest BCUT2D eigenvalue weighted by atomic mass is 9.85. The predicted octanol–water partition coefficient (Wildman–Crippen LogP) is 2.52. The Kier molecular flexibility index (Phi) is 4.12. The van der Waals surface area contributed by atoms with Gasteiger partial charge in [0.15, 0.2) is 5.69 Å². The Labute approximate surface area is 106 Å². The molecule has 0 amide bonds. The molecule has 1 aliphatic rings. The Balaban J connectivity index is 2.01. The van der Waals surface area contributed by atoms with Crippen molar-refractivity contribution in [3.63, 3.8) is 0 Å². The summed E-state index contributed by atoms with van der Waals surface area (Å²) in [6.45, 7) is 2.17. The van der Waals surface area contributed by atoms with Crippen LogP contribution in [0.2, 0.25) is 0 Å². The monoisotopic (exact) mass is 250 g/mol. The average molecular weight is 250 g/mol. The molecule has 1 aromatic rings. The molecule has 2 atom stereocenters. The van der Waals surface area contributed by atoms with E-state index in [0.717, 1.165) is 12.8 Å². The molecule has 2 rings (SSSR count). The molecule has 5 heteroatoms. The fraction of sp³-hybridized carbons (Fsp3) is 0.615. The van der Waals surface area contributed by atoms with Gasteiger partial charge in [0.05, 0.1) is 12.4 Å². The first-order valence-electron chi connectivity index (χ1n) is 6.42. The molecule has 5 nitrogen and oxygen atoms in total. The largest absolute Gasteiger partial charge is 0.476 e. The van der Waals surface area contributed by atoms with E-state index in [9.17, 15) is 4.79 Å². The first kappa shape index (κ1) is 12.8. The third kappa shape index (κ3) is 2.97. The lowest BCUT2D eigenvalue weighted by Crippen LogP contribution is -2.30. The van der Waals surface area contributed by atoms with Crippen LogP contribution in [0.4, 0.5) is 0 Å². The van der Waals surface area contributed by atoms with E-state index in [-0.39, 0.29) is 11.8 Å². The maximum absolute atomic E-state index is 10.7. The Morgan fingerprint density at radius 2 is 2.17 bits per heavy atom. The average Bonchev–Trinajstić information content (AvgIpc) is 2.40. The topological polar surface area (TPSA) is 72.3 Å². The van der Waals surface area contributed by atoms with Gasteiger partial charge in [-0.25, -0.2) is 14.8 Å². The SMILES string of the molecule is CCC1CCCCC1Oc1cnc(C(=O)O)cn1. The van der Waals surface area contributed by atoms with Crippen LogP contribution in [0.15, 0.2) is 12.4 Å². The van der Waals surface area contributed by atoms with Crippen molar-refractivity contribution in [3.05, 3.63) is 18.1 Å². The number of aromatic carboxylic acids is 1. The van der Waals surface area contributed by atoms with Gasteiger partial charge in [0.25, 0.3) is 0 Å². The van der Waals surface area contributed by atoms with Crippen molar-refractivity contribution >= 4 is 5.97 Å². The van der Waals surface area contributed by atoms with Gasteiger partial charge in [0.2, 0.25) is 5.88 Å². The lowest BCUT2D eigenvalue weighted by molar-refractivity contribution is 0.0688. The summed E-state index contributed by atoms with van der Waals surface area (Å²) < 4.78 is 5.83. The molecule has 98 valence electrons. The molecule has 0 spiro atoms. The standard InChI is InChI=1S/C13H18N2O3/c1-2-9-5-3-4-6-11(9)18-12-8-14-10(7-15-12)13(16)17/h7-9,11H,2-6H2,1H3,(H,16,17). The van der Waals surface area contributed by atoms with Crippen LogP contribution in [0.25, 0.3) is 0 Å². The molecular formula is C13H18N2O3. The number of carboxylic acids is 1. The van der Waals surface area contributed by atoms with Gasteiger partial charge < -0.3 is 9.84 Å². The number of rotatable bonds is 4. The molecule has 0 aromatic carbocycles. The van der Waals surface area contributed by atoms with E-state index < -0.39 is 5.97 Å². The first-order chi connectivity index (χ1) is 8.70. The van der Waals surface area contributed by atoms with E-state index in [1.807, 2.05) is 0 Å². The number of aromatic nitrogens is 2. The highest BCUT2D eigenvalue weighted by atomic mass is 16.5. The zero-order valence-electron chi connectivity index (χ0n) is 10.5. The van der Waals surface area contributed by atoms with Crippen molar-refractivity contribution in [2.24, 2.45) is 5.92 Å². The number of ether oxygens (including phenoxy) is 1. The second kappa shape index (κ2) is 5.80. The fourth-order valence-electron chi connectivity index (χ4n) is 2.44. The summed E-state index contributed by atoms with van der Waals surface area (Å²) >= 11 is 0. The van der Waals surface area contributed by atoms with Gasteiger partial charge in [-0.2, -0.15) is 0 Å².